The fraction of sp³-hybridized carbons (Fsp3) is 0.652. The van der Waals surface area contributed by atoms with E-state index < -0.39 is 24.3 Å². The summed E-state index contributed by atoms with van der Waals surface area (Å²) in [5.74, 6) is -5.35. The molecule has 16 heteroatoms. The molecule has 1 spiro atoms. The maximum Gasteiger partial charge on any atom is 0.490 e. The van der Waals surface area contributed by atoms with Crippen LogP contribution in [0, 0.1) is 6.92 Å². The van der Waals surface area contributed by atoms with Crippen LogP contribution >= 0.6 is 0 Å². The Balaban J connectivity index is 0.000000449. The van der Waals surface area contributed by atoms with Gasteiger partial charge < -0.3 is 19.8 Å². The molecule has 222 valence electrons. The number of morpholine rings is 1. The summed E-state index contributed by atoms with van der Waals surface area (Å²) in [5, 5.41) is 14.2. The summed E-state index contributed by atoms with van der Waals surface area (Å²) in [6.45, 7) is 7.80. The lowest BCUT2D eigenvalue weighted by molar-refractivity contribution is -0.193. The number of alkyl halides is 6. The standard InChI is InChI=1S/C19H30N4O2.2C2HF3O2/c1-16-6-4-7-17(20-16)12-23-10-11-25-19(15-23)8-5-9-22(14-19)13-18(24)21(2)3;2*3-2(4,5)1(6)7/h4,6-7H,5,8-15H2,1-3H3;2*(H,6,7). The molecule has 1 aromatic heterocycles. The number of carboxylic acids is 2. The van der Waals surface area contributed by atoms with Crippen molar-refractivity contribution in [3.05, 3.63) is 29.6 Å². The second kappa shape index (κ2) is 14.4. The second-order valence-corrected chi connectivity index (χ2v) is 9.22. The molecule has 2 aliphatic rings. The number of ether oxygens (including phenoxy) is 1. The normalized spacial score (nSPS) is 20.2. The van der Waals surface area contributed by atoms with Gasteiger partial charge in [-0.3, -0.25) is 19.6 Å². The van der Waals surface area contributed by atoms with Crippen molar-refractivity contribution in [3.8, 4) is 0 Å². The van der Waals surface area contributed by atoms with Gasteiger partial charge in [0.05, 0.1) is 24.4 Å². The number of hydrogen-bond acceptors (Lipinski definition) is 7. The molecule has 0 bridgehead atoms. The van der Waals surface area contributed by atoms with E-state index in [2.05, 4.69) is 26.9 Å². The molecular weight excluding hydrogens is 542 g/mol. The number of halogens is 6. The topological polar surface area (TPSA) is 124 Å². The Morgan fingerprint density at radius 2 is 1.54 bits per heavy atom. The van der Waals surface area contributed by atoms with Gasteiger partial charge in [-0.25, -0.2) is 9.59 Å². The number of carbonyl (C=O) groups is 3. The lowest BCUT2D eigenvalue weighted by Crippen LogP contribution is -2.60. The number of aryl methyl sites for hydroxylation is 1. The molecule has 2 N–H and O–H groups in total. The van der Waals surface area contributed by atoms with Crippen molar-refractivity contribution >= 4 is 17.8 Å². The molecule has 2 aliphatic heterocycles. The molecule has 3 rings (SSSR count). The monoisotopic (exact) mass is 574 g/mol. The largest absolute Gasteiger partial charge is 0.490 e. The highest BCUT2D eigenvalue weighted by Crippen LogP contribution is 2.29. The number of hydrogen-bond donors (Lipinski definition) is 2. The third kappa shape index (κ3) is 12.6. The number of likely N-dealkylation sites (N-methyl/N-ethyl adjacent to an activating group) is 1. The van der Waals surface area contributed by atoms with Gasteiger partial charge in [0.1, 0.15) is 0 Å². The highest BCUT2D eigenvalue weighted by molar-refractivity contribution is 5.77. The van der Waals surface area contributed by atoms with Gasteiger partial charge in [0.15, 0.2) is 0 Å². The van der Waals surface area contributed by atoms with Crippen LogP contribution in [-0.2, 0) is 25.7 Å². The molecule has 0 aromatic carbocycles. The summed E-state index contributed by atoms with van der Waals surface area (Å²) in [6, 6.07) is 6.20. The highest BCUT2D eigenvalue weighted by Gasteiger charge is 2.41. The molecule has 0 radical (unpaired) electrons. The van der Waals surface area contributed by atoms with Crippen molar-refractivity contribution in [2.45, 2.75) is 44.3 Å². The smallest absolute Gasteiger partial charge is 0.475 e. The molecule has 1 unspecified atom stereocenters. The summed E-state index contributed by atoms with van der Waals surface area (Å²) in [4.78, 5) is 40.8. The minimum absolute atomic E-state index is 0.146. The van der Waals surface area contributed by atoms with E-state index in [1.165, 1.54) is 0 Å². The van der Waals surface area contributed by atoms with E-state index in [-0.39, 0.29) is 11.5 Å². The lowest BCUT2D eigenvalue weighted by atomic mass is 9.90. The fourth-order valence-electron chi connectivity index (χ4n) is 3.88. The van der Waals surface area contributed by atoms with Gasteiger partial charge >= 0.3 is 24.3 Å². The van der Waals surface area contributed by atoms with Crippen LogP contribution in [0.4, 0.5) is 26.3 Å². The first-order chi connectivity index (χ1) is 17.8. The molecular formula is C23H32F6N4O6. The first kappa shape index (κ1) is 34.0. The number of pyridine rings is 1. The number of amides is 1. The van der Waals surface area contributed by atoms with Gasteiger partial charge in [0, 0.05) is 46.0 Å². The molecule has 1 atom stereocenters. The van der Waals surface area contributed by atoms with E-state index in [0.717, 1.165) is 63.6 Å². The maximum atomic E-state index is 12.0. The molecule has 2 saturated heterocycles. The number of carbonyl (C=O) groups excluding carboxylic acids is 1. The summed E-state index contributed by atoms with van der Waals surface area (Å²) < 4.78 is 69.7. The second-order valence-electron chi connectivity index (χ2n) is 9.22. The van der Waals surface area contributed by atoms with E-state index >= 15 is 0 Å². The SMILES string of the molecule is Cc1cccc(CN2CCOC3(CCCN(CC(=O)N(C)C)C3)C2)n1.O=C(O)C(F)(F)F.O=C(O)C(F)(F)F. The molecule has 0 aliphatic carbocycles. The van der Waals surface area contributed by atoms with Crippen LogP contribution in [0.15, 0.2) is 18.2 Å². The Morgan fingerprint density at radius 1 is 1.00 bits per heavy atom. The van der Waals surface area contributed by atoms with E-state index in [4.69, 9.17) is 24.5 Å². The Bertz CT molecular complexity index is 947. The van der Waals surface area contributed by atoms with E-state index in [9.17, 15) is 31.1 Å². The number of aromatic nitrogens is 1. The molecule has 1 amide bonds. The van der Waals surface area contributed by atoms with Crippen LogP contribution in [0.25, 0.3) is 0 Å². The Kier molecular flexibility index (Phi) is 12.6. The lowest BCUT2D eigenvalue weighted by Gasteiger charge is -2.48. The van der Waals surface area contributed by atoms with Crippen molar-refractivity contribution in [1.82, 2.24) is 19.7 Å². The average molecular weight is 575 g/mol. The van der Waals surface area contributed by atoms with Crippen molar-refractivity contribution < 1.29 is 55.7 Å². The van der Waals surface area contributed by atoms with Gasteiger partial charge in [0.25, 0.3) is 0 Å². The first-order valence-electron chi connectivity index (χ1n) is 11.7. The maximum absolute atomic E-state index is 12.0. The zero-order valence-corrected chi connectivity index (χ0v) is 21.7. The average Bonchev–Trinajstić information content (AvgIpc) is 2.78. The summed E-state index contributed by atoms with van der Waals surface area (Å²) in [5.41, 5.74) is 2.03. The van der Waals surface area contributed by atoms with Crippen LogP contribution in [0.3, 0.4) is 0 Å². The van der Waals surface area contributed by atoms with Crippen molar-refractivity contribution in [2.24, 2.45) is 0 Å². The number of likely N-dealkylation sites (tertiary alicyclic amines) is 1. The molecule has 3 heterocycles. The predicted octanol–water partition coefficient (Wildman–Crippen LogP) is 2.41. The van der Waals surface area contributed by atoms with Crippen LogP contribution in [-0.4, -0.2) is 119 Å². The predicted molar refractivity (Wildman–Crippen MR) is 125 cm³/mol. The minimum atomic E-state index is -5.08. The zero-order chi connectivity index (χ0) is 30.0. The summed E-state index contributed by atoms with van der Waals surface area (Å²) >= 11 is 0. The number of carboxylic acid groups (broad SMARTS) is 2. The minimum Gasteiger partial charge on any atom is -0.475 e. The van der Waals surface area contributed by atoms with Crippen LogP contribution in [0.2, 0.25) is 0 Å². The number of nitrogens with zero attached hydrogens (tertiary/aromatic N) is 4. The van der Waals surface area contributed by atoms with Crippen LogP contribution in [0.5, 0.6) is 0 Å². The zero-order valence-electron chi connectivity index (χ0n) is 21.7. The number of rotatable bonds is 4. The van der Waals surface area contributed by atoms with Gasteiger partial charge in [-0.15, -0.1) is 0 Å². The molecule has 10 nitrogen and oxygen atoms in total. The third-order valence-electron chi connectivity index (χ3n) is 5.62. The Labute approximate surface area is 221 Å². The highest BCUT2D eigenvalue weighted by atomic mass is 19.4. The molecule has 0 saturated carbocycles. The fourth-order valence-corrected chi connectivity index (χ4v) is 3.88. The van der Waals surface area contributed by atoms with Gasteiger partial charge in [0.2, 0.25) is 5.91 Å². The van der Waals surface area contributed by atoms with Crippen molar-refractivity contribution in [1.29, 1.82) is 0 Å². The van der Waals surface area contributed by atoms with Crippen LogP contribution in [0.1, 0.15) is 24.2 Å². The van der Waals surface area contributed by atoms with Crippen LogP contribution < -0.4 is 0 Å². The number of piperidine rings is 1. The molecule has 39 heavy (non-hydrogen) atoms. The van der Waals surface area contributed by atoms with Gasteiger partial charge in [-0.05, 0) is 38.4 Å². The van der Waals surface area contributed by atoms with E-state index in [1.807, 2.05) is 27.1 Å². The summed E-state index contributed by atoms with van der Waals surface area (Å²) in [6.07, 6.45) is -8.02. The van der Waals surface area contributed by atoms with Gasteiger partial charge in [-0.1, -0.05) is 6.07 Å². The number of aliphatic carboxylic acids is 2. The molecule has 2 fully saturated rings. The summed E-state index contributed by atoms with van der Waals surface area (Å²) in [7, 11) is 3.63. The van der Waals surface area contributed by atoms with Gasteiger partial charge in [-0.2, -0.15) is 26.3 Å². The quantitative estimate of drug-likeness (QED) is 0.522. The van der Waals surface area contributed by atoms with E-state index in [1.54, 1.807) is 4.90 Å². The van der Waals surface area contributed by atoms with Crippen molar-refractivity contribution in [2.75, 3.05) is 53.4 Å². The Hall–Kier alpha value is -2.98. The first-order valence-corrected chi connectivity index (χ1v) is 11.7. The van der Waals surface area contributed by atoms with E-state index in [0.29, 0.717) is 6.54 Å². The molecule has 1 aromatic rings. The third-order valence-corrected chi connectivity index (χ3v) is 5.62. The Morgan fingerprint density at radius 3 is 2.03 bits per heavy atom. The van der Waals surface area contributed by atoms with Crippen molar-refractivity contribution in [3.63, 3.8) is 0 Å².